The highest BCUT2D eigenvalue weighted by atomic mass is 32.1. The van der Waals surface area contributed by atoms with Crippen molar-refractivity contribution in [2.45, 2.75) is 39.3 Å². The number of nitrogens with zero attached hydrogens (tertiary/aromatic N) is 1. The molecule has 2 N–H and O–H groups in total. The minimum absolute atomic E-state index is 0.406. The van der Waals surface area contributed by atoms with E-state index in [1.54, 1.807) is 11.3 Å². The summed E-state index contributed by atoms with van der Waals surface area (Å²) in [7, 11) is 0. The van der Waals surface area contributed by atoms with Crippen molar-refractivity contribution in [1.29, 1.82) is 0 Å². The molecule has 0 bridgehead atoms. The molecule has 0 saturated carbocycles. The first kappa shape index (κ1) is 14.6. The van der Waals surface area contributed by atoms with Gasteiger partial charge in [-0.15, -0.1) is 11.3 Å². The average molecular weight is 258 g/mol. The van der Waals surface area contributed by atoms with Crippen molar-refractivity contribution >= 4 is 11.3 Å². The zero-order valence-electron chi connectivity index (χ0n) is 10.6. The van der Waals surface area contributed by atoms with Gasteiger partial charge in [0, 0.05) is 25.1 Å². The van der Waals surface area contributed by atoms with Crippen LogP contribution >= 0.6 is 11.3 Å². The van der Waals surface area contributed by atoms with Gasteiger partial charge in [0.1, 0.15) is 0 Å². The number of rotatable bonds is 9. The molecule has 1 rings (SSSR count). The van der Waals surface area contributed by atoms with Gasteiger partial charge >= 0.3 is 0 Å². The van der Waals surface area contributed by atoms with Crippen molar-refractivity contribution in [1.82, 2.24) is 10.3 Å². The maximum atomic E-state index is 9.63. The van der Waals surface area contributed by atoms with Gasteiger partial charge < -0.3 is 15.2 Å². The molecule has 1 heterocycles. The lowest BCUT2D eigenvalue weighted by molar-refractivity contribution is 0.0357. The number of aryl methyl sites for hydroxylation is 1. The molecule has 0 aliphatic heterocycles. The molecule has 4 nitrogen and oxygen atoms in total. The molecule has 0 aliphatic carbocycles. The maximum Gasteiger partial charge on any atom is 0.0897 e. The van der Waals surface area contributed by atoms with E-state index in [0.29, 0.717) is 19.7 Å². The standard InChI is InChI=1S/C12H22N2O2S/c1-3-4-5-16-8-12(15)7-13-6-11-9-17-10(2)14-11/h9,12-13,15H,3-8H2,1-2H3. The Morgan fingerprint density at radius 2 is 2.41 bits per heavy atom. The van der Waals surface area contributed by atoms with Crippen LogP contribution in [0.15, 0.2) is 5.38 Å². The van der Waals surface area contributed by atoms with Gasteiger partial charge in [0.2, 0.25) is 0 Å². The first-order valence-corrected chi connectivity index (χ1v) is 6.98. The Morgan fingerprint density at radius 3 is 3.06 bits per heavy atom. The molecule has 0 saturated heterocycles. The van der Waals surface area contributed by atoms with Gasteiger partial charge in [0.15, 0.2) is 0 Å². The van der Waals surface area contributed by atoms with E-state index in [-0.39, 0.29) is 0 Å². The SMILES string of the molecule is CCCCOCC(O)CNCc1csc(C)n1. The van der Waals surface area contributed by atoms with Crippen molar-refractivity contribution in [3.05, 3.63) is 16.1 Å². The Bertz CT molecular complexity index is 304. The number of aromatic nitrogens is 1. The van der Waals surface area contributed by atoms with Crippen LogP contribution in [0.3, 0.4) is 0 Å². The topological polar surface area (TPSA) is 54.4 Å². The second-order valence-electron chi connectivity index (χ2n) is 4.07. The van der Waals surface area contributed by atoms with Crippen LogP contribution in [0, 0.1) is 6.92 Å². The summed E-state index contributed by atoms with van der Waals surface area (Å²) in [5, 5.41) is 15.9. The van der Waals surface area contributed by atoms with Crippen LogP contribution in [0.1, 0.15) is 30.5 Å². The van der Waals surface area contributed by atoms with Crippen LogP contribution in [0.2, 0.25) is 0 Å². The summed E-state index contributed by atoms with van der Waals surface area (Å²) in [5.74, 6) is 0. The third-order valence-corrected chi connectivity index (χ3v) is 3.13. The molecule has 98 valence electrons. The Labute approximate surface area is 107 Å². The molecular formula is C12H22N2O2S. The zero-order valence-corrected chi connectivity index (χ0v) is 11.4. The number of unbranched alkanes of at least 4 members (excludes halogenated alkanes) is 1. The van der Waals surface area contributed by atoms with Crippen LogP contribution in [0.5, 0.6) is 0 Å². The minimum atomic E-state index is -0.438. The number of aliphatic hydroxyl groups excluding tert-OH is 1. The molecule has 5 heteroatoms. The largest absolute Gasteiger partial charge is 0.389 e. The van der Waals surface area contributed by atoms with Gasteiger partial charge in [0.05, 0.1) is 23.4 Å². The number of ether oxygens (including phenoxy) is 1. The number of thiazole rings is 1. The van der Waals surface area contributed by atoms with Crippen LogP contribution < -0.4 is 5.32 Å². The van der Waals surface area contributed by atoms with Crippen LogP contribution in [-0.4, -0.2) is 36.0 Å². The van der Waals surface area contributed by atoms with Gasteiger partial charge in [-0.1, -0.05) is 13.3 Å². The van der Waals surface area contributed by atoms with E-state index in [1.165, 1.54) is 0 Å². The highest BCUT2D eigenvalue weighted by molar-refractivity contribution is 7.09. The number of aliphatic hydroxyl groups is 1. The number of hydrogen-bond acceptors (Lipinski definition) is 5. The Balaban J connectivity index is 2.02. The van der Waals surface area contributed by atoms with E-state index in [0.717, 1.165) is 30.2 Å². The normalized spacial score (nSPS) is 12.9. The molecule has 0 radical (unpaired) electrons. The van der Waals surface area contributed by atoms with Crippen molar-refractivity contribution in [2.24, 2.45) is 0 Å². The summed E-state index contributed by atoms with van der Waals surface area (Å²) in [5.41, 5.74) is 1.03. The lowest BCUT2D eigenvalue weighted by Gasteiger charge is -2.11. The van der Waals surface area contributed by atoms with Crippen LogP contribution in [0.25, 0.3) is 0 Å². The van der Waals surface area contributed by atoms with E-state index >= 15 is 0 Å². The quantitative estimate of drug-likeness (QED) is 0.662. The summed E-state index contributed by atoms with van der Waals surface area (Å²) in [6, 6.07) is 0. The fourth-order valence-corrected chi connectivity index (χ4v) is 1.99. The van der Waals surface area contributed by atoms with E-state index in [9.17, 15) is 5.11 Å². The summed E-state index contributed by atoms with van der Waals surface area (Å²) >= 11 is 1.64. The molecule has 0 aromatic carbocycles. The third-order valence-electron chi connectivity index (χ3n) is 2.31. The third kappa shape index (κ3) is 6.73. The molecule has 1 unspecified atom stereocenters. The van der Waals surface area contributed by atoms with Crippen LogP contribution in [0.4, 0.5) is 0 Å². The molecule has 0 amide bonds. The lowest BCUT2D eigenvalue weighted by atomic mass is 10.3. The predicted octanol–water partition coefficient (Wildman–Crippen LogP) is 1.72. The van der Waals surface area contributed by atoms with Crippen molar-refractivity contribution in [3.8, 4) is 0 Å². The summed E-state index contributed by atoms with van der Waals surface area (Å²) < 4.78 is 5.34. The molecule has 1 aromatic rings. The van der Waals surface area contributed by atoms with Gasteiger partial charge in [-0.05, 0) is 13.3 Å². The van der Waals surface area contributed by atoms with E-state index in [4.69, 9.17) is 4.74 Å². The molecule has 17 heavy (non-hydrogen) atoms. The summed E-state index contributed by atoms with van der Waals surface area (Å²) in [6.45, 7) is 6.50. The fraction of sp³-hybridized carbons (Fsp3) is 0.750. The maximum absolute atomic E-state index is 9.63. The Morgan fingerprint density at radius 1 is 1.59 bits per heavy atom. The molecule has 0 fully saturated rings. The molecular weight excluding hydrogens is 236 g/mol. The summed E-state index contributed by atoms with van der Waals surface area (Å²) in [6.07, 6.45) is 1.74. The van der Waals surface area contributed by atoms with Gasteiger partial charge in [-0.2, -0.15) is 0 Å². The highest BCUT2D eigenvalue weighted by Gasteiger charge is 2.04. The highest BCUT2D eigenvalue weighted by Crippen LogP contribution is 2.07. The van der Waals surface area contributed by atoms with Crippen molar-refractivity contribution in [3.63, 3.8) is 0 Å². The predicted molar refractivity (Wildman–Crippen MR) is 70.3 cm³/mol. The molecule has 0 spiro atoms. The lowest BCUT2D eigenvalue weighted by Crippen LogP contribution is -2.30. The van der Waals surface area contributed by atoms with Gasteiger partial charge in [0.25, 0.3) is 0 Å². The minimum Gasteiger partial charge on any atom is -0.389 e. The first-order valence-electron chi connectivity index (χ1n) is 6.10. The van der Waals surface area contributed by atoms with Crippen LogP contribution in [-0.2, 0) is 11.3 Å². The molecule has 0 aliphatic rings. The number of nitrogens with one attached hydrogen (secondary N) is 1. The average Bonchev–Trinajstić information content (AvgIpc) is 2.71. The van der Waals surface area contributed by atoms with E-state index in [1.807, 2.05) is 12.3 Å². The Kier molecular flexibility index (Phi) is 7.35. The van der Waals surface area contributed by atoms with E-state index in [2.05, 4.69) is 17.2 Å². The fourth-order valence-electron chi connectivity index (χ4n) is 1.38. The van der Waals surface area contributed by atoms with Crippen molar-refractivity contribution in [2.75, 3.05) is 19.8 Å². The monoisotopic (exact) mass is 258 g/mol. The second-order valence-corrected chi connectivity index (χ2v) is 5.13. The molecule has 1 atom stereocenters. The van der Waals surface area contributed by atoms with E-state index < -0.39 is 6.10 Å². The van der Waals surface area contributed by atoms with Gasteiger partial charge in [-0.3, -0.25) is 0 Å². The zero-order chi connectivity index (χ0) is 12.5. The molecule has 1 aromatic heterocycles. The Hall–Kier alpha value is -0.490. The number of hydrogen-bond donors (Lipinski definition) is 2. The van der Waals surface area contributed by atoms with Gasteiger partial charge in [-0.25, -0.2) is 4.98 Å². The first-order chi connectivity index (χ1) is 8.22. The smallest absolute Gasteiger partial charge is 0.0897 e. The summed E-state index contributed by atoms with van der Waals surface area (Å²) in [4.78, 5) is 4.34. The second kappa shape index (κ2) is 8.58. The van der Waals surface area contributed by atoms with Crippen molar-refractivity contribution < 1.29 is 9.84 Å².